The highest BCUT2D eigenvalue weighted by Gasteiger charge is 2.39. The molecular weight excluding hydrogens is 540 g/mol. The van der Waals surface area contributed by atoms with Gasteiger partial charge in [-0.15, -0.1) is 0 Å². The van der Waals surface area contributed by atoms with Crippen molar-refractivity contribution in [1.82, 2.24) is 20.9 Å². The van der Waals surface area contributed by atoms with Gasteiger partial charge < -0.3 is 30.7 Å². The van der Waals surface area contributed by atoms with Crippen LogP contribution in [0, 0.1) is 5.92 Å². The van der Waals surface area contributed by atoms with Crippen molar-refractivity contribution in [3.8, 4) is 0 Å². The zero-order chi connectivity index (χ0) is 30.6. The highest BCUT2D eigenvalue weighted by atomic mass is 16.5. The summed E-state index contributed by atoms with van der Waals surface area (Å²) in [6.45, 7) is 5.45. The highest BCUT2D eigenvalue weighted by Crippen LogP contribution is 2.21. The molecule has 3 rings (SSSR count). The predicted octanol–water partition coefficient (Wildman–Crippen LogP) is 2.64. The van der Waals surface area contributed by atoms with Crippen LogP contribution in [0.1, 0.15) is 51.2 Å². The minimum absolute atomic E-state index is 0.0313. The number of benzene rings is 2. The smallest absolute Gasteiger partial charge is 0.408 e. The molecule has 0 radical (unpaired) electrons. The third-order valence-electron chi connectivity index (χ3n) is 6.99. The molecule has 4 atom stereocenters. The molecule has 11 nitrogen and oxygen atoms in total. The summed E-state index contributed by atoms with van der Waals surface area (Å²) in [5.74, 6) is -2.70. The van der Waals surface area contributed by atoms with Crippen molar-refractivity contribution in [3.05, 3.63) is 71.8 Å². The average molecular weight is 581 g/mol. The number of carbonyl (C=O) groups is 5. The van der Waals surface area contributed by atoms with E-state index in [4.69, 9.17) is 4.74 Å². The molecule has 0 unspecified atom stereocenters. The van der Waals surface area contributed by atoms with Crippen LogP contribution in [0.4, 0.5) is 4.79 Å². The number of amides is 4. The van der Waals surface area contributed by atoms with Crippen LogP contribution in [-0.4, -0.2) is 70.5 Å². The van der Waals surface area contributed by atoms with Gasteiger partial charge in [0, 0.05) is 13.0 Å². The second-order valence-corrected chi connectivity index (χ2v) is 10.9. The van der Waals surface area contributed by atoms with Crippen LogP contribution in [0.25, 0.3) is 0 Å². The number of ether oxygens (including phenoxy) is 1. The average Bonchev–Trinajstić information content (AvgIpc) is 3.46. The zero-order valence-electron chi connectivity index (χ0n) is 24.2. The summed E-state index contributed by atoms with van der Waals surface area (Å²) in [6, 6.07) is 14.4. The van der Waals surface area contributed by atoms with Gasteiger partial charge in [0.25, 0.3) is 0 Å². The topological polar surface area (TPSA) is 154 Å². The van der Waals surface area contributed by atoms with E-state index < -0.39 is 54.0 Å². The second kappa shape index (κ2) is 15.6. The molecule has 2 aromatic carbocycles. The Morgan fingerprint density at radius 3 is 2.10 bits per heavy atom. The molecule has 2 aromatic rings. The van der Waals surface area contributed by atoms with Gasteiger partial charge in [-0.05, 0) is 43.2 Å². The van der Waals surface area contributed by atoms with Crippen LogP contribution >= 0.6 is 0 Å². The molecule has 4 N–H and O–H groups in total. The first kappa shape index (κ1) is 32.1. The van der Waals surface area contributed by atoms with Crippen LogP contribution in [-0.2, 0) is 36.9 Å². The normalized spacial score (nSPS) is 16.7. The fourth-order valence-corrected chi connectivity index (χ4v) is 4.81. The van der Waals surface area contributed by atoms with E-state index in [2.05, 4.69) is 16.0 Å². The first-order valence-corrected chi connectivity index (χ1v) is 14.2. The maximum absolute atomic E-state index is 13.8. The SMILES string of the molecule is CC(C)C[C@@H](NC(=O)[C@H]1CCCN1C(=O)[C@@H](Cc1ccccc1)NC(=O)OCc1ccccc1)C(=O)N[C@H](C)C(=O)O. The lowest BCUT2D eigenvalue weighted by atomic mass is 10.0. The van der Waals surface area contributed by atoms with Gasteiger partial charge in [-0.2, -0.15) is 0 Å². The van der Waals surface area contributed by atoms with E-state index in [1.807, 2.05) is 74.5 Å². The van der Waals surface area contributed by atoms with E-state index >= 15 is 0 Å². The van der Waals surface area contributed by atoms with Crippen molar-refractivity contribution in [2.24, 2.45) is 5.92 Å². The zero-order valence-corrected chi connectivity index (χ0v) is 24.2. The quantitative estimate of drug-likeness (QED) is 0.284. The summed E-state index contributed by atoms with van der Waals surface area (Å²) in [6.07, 6.45) is 0.675. The Morgan fingerprint density at radius 1 is 0.881 bits per heavy atom. The Morgan fingerprint density at radius 2 is 1.50 bits per heavy atom. The van der Waals surface area contributed by atoms with Crippen molar-refractivity contribution < 1.29 is 33.8 Å². The lowest BCUT2D eigenvalue weighted by Crippen LogP contribution is -2.57. The molecule has 0 aliphatic carbocycles. The van der Waals surface area contributed by atoms with E-state index in [-0.39, 0.29) is 25.4 Å². The molecule has 11 heteroatoms. The molecule has 4 amide bonds. The molecule has 1 aliphatic rings. The van der Waals surface area contributed by atoms with Crippen LogP contribution in [0.15, 0.2) is 60.7 Å². The number of likely N-dealkylation sites (tertiary alicyclic amines) is 1. The summed E-state index contributed by atoms with van der Waals surface area (Å²) in [5, 5.41) is 17.0. The number of hydrogen-bond acceptors (Lipinski definition) is 6. The number of rotatable bonds is 13. The van der Waals surface area contributed by atoms with Gasteiger partial charge in [0.2, 0.25) is 17.7 Å². The molecule has 226 valence electrons. The number of aliphatic carboxylic acids is 1. The van der Waals surface area contributed by atoms with Crippen molar-refractivity contribution in [2.75, 3.05) is 6.54 Å². The maximum atomic E-state index is 13.8. The molecule has 1 aliphatic heterocycles. The Kier molecular flexibility index (Phi) is 11.9. The van der Waals surface area contributed by atoms with Crippen LogP contribution in [0.3, 0.4) is 0 Å². The Hall–Kier alpha value is -4.41. The number of carboxylic acids is 1. The van der Waals surface area contributed by atoms with Gasteiger partial charge in [0.05, 0.1) is 0 Å². The first-order valence-electron chi connectivity index (χ1n) is 14.2. The molecule has 1 saturated heterocycles. The summed E-state index contributed by atoms with van der Waals surface area (Å²) in [4.78, 5) is 65.5. The monoisotopic (exact) mass is 580 g/mol. The largest absolute Gasteiger partial charge is 0.480 e. The lowest BCUT2D eigenvalue weighted by Gasteiger charge is -2.30. The van der Waals surface area contributed by atoms with Gasteiger partial charge in [0.1, 0.15) is 30.8 Å². The van der Waals surface area contributed by atoms with Crippen LogP contribution in [0.2, 0.25) is 0 Å². The van der Waals surface area contributed by atoms with E-state index in [1.165, 1.54) is 11.8 Å². The van der Waals surface area contributed by atoms with Gasteiger partial charge in [-0.3, -0.25) is 19.2 Å². The van der Waals surface area contributed by atoms with Gasteiger partial charge in [0.15, 0.2) is 0 Å². The number of nitrogens with one attached hydrogen (secondary N) is 3. The minimum Gasteiger partial charge on any atom is -0.480 e. The molecular formula is C31H40N4O7. The Labute approximate surface area is 246 Å². The van der Waals surface area contributed by atoms with Gasteiger partial charge in [-0.25, -0.2) is 4.79 Å². The molecule has 42 heavy (non-hydrogen) atoms. The third kappa shape index (κ3) is 9.60. The fraction of sp³-hybridized carbons (Fsp3) is 0.452. The van der Waals surface area contributed by atoms with Crippen molar-refractivity contribution in [3.63, 3.8) is 0 Å². The Balaban J connectivity index is 1.73. The van der Waals surface area contributed by atoms with Crippen molar-refractivity contribution in [2.45, 2.75) is 77.2 Å². The highest BCUT2D eigenvalue weighted by molar-refractivity contribution is 5.95. The van der Waals surface area contributed by atoms with Crippen molar-refractivity contribution >= 4 is 29.8 Å². The molecule has 0 aromatic heterocycles. The van der Waals surface area contributed by atoms with Crippen LogP contribution in [0.5, 0.6) is 0 Å². The summed E-state index contributed by atoms with van der Waals surface area (Å²) in [5.41, 5.74) is 1.62. The summed E-state index contributed by atoms with van der Waals surface area (Å²) >= 11 is 0. The first-order chi connectivity index (χ1) is 20.0. The number of alkyl carbamates (subject to hydrolysis) is 1. The molecule has 1 heterocycles. The standard InChI is InChI=1S/C31H40N4O7/c1-20(2)17-24(27(36)32-21(3)30(39)40)33-28(37)26-15-10-16-35(26)29(38)25(18-22-11-6-4-7-12-22)34-31(41)42-19-23-13-8-5-9-14-23/h4-9,11-14,20-21,24-26H,10,15-19H2,1-3H3,(H,32,36)(H,33,37)(H,34,41)(H,39,40)/t21-,24-,25-,26-/m1/s1. The third-order valence-corrected chi connectivity index (χ3v) is 6.99. The summed E-state index contributed by atoms with van der Waals surface area (Å²) in [7, 11) is 0. The van der Waals surface area contributed by atoms with E-state index in [0.29, 0.717) is 19.4 Å². The number of hydrogen-bond donors (Lipinski definition) is 4. The van der Waals surface area contributed by atoms with E-state index in [0.717, 1.165) is 11.1 Å². The molecule has 0 saturated carbocycles. The number of carboxylic acid groups (broad SMARTS) is 1. The second-order valence-electron chi connectivity index (χ2n) is 10.9. The number of carbonyl (C=O) groups excluding carboxylic acids is 4. The van der Waals surface area contributed by atoms with Crippen molar-refractivity contribution in [1.29, 1.82) is 0 Å². The van der Waals surface area contributed by atoms with E-state index in [9.17, 15) is 29.1 Å². The number of nitrogens with zero attached hydrogens (tertiary/aromatic N) is 1. The van der Waals surface area contributed by atoms with Gasteiger partial charge in [-0.1, -0.05) is 74.5 Å². The Bertz CT molecular complexity index is 1220. The van der Waals surface area contributed by atoms with E-state index in [1.54, 1.807) is 0 Å². The maximum Gasteiger partial charge on any atom is 0.408 e. The molecule has 0 spiro atoms. The predicted molar refractivity (Wildman–Crippen MR) is 155 cm³/mol. The summed E-state index contributed by atoms with van der Waals surface area (Å²) < 4.78 is 5.36. The fourth-order valence-electron chi connectivity index (χ4n) is 4.81. The van der Waals surface area contributed by atoms with Crippen LogP contribution < -0.4 is 16.0 Å². The molecule has 0 bridgehead atoms. The minimum atomic E-state index is -1.19. The molecule has 1 fully saturated rings. The van der Waals surface area contributed by atoms with Gasteiger partial charge >= 0.3 is 12.1 Å². The lowest BCUT2D eigenvalue weighted by molar-refractivity contribution is -0.143.